The molecule has 0 aliphatic heterocycles. The summed E-state index contributed by atoms with van der Waals surface area (Å²) in [5, 5.41) is 3.02. The average molecular weight is 437 g/mol. The third-order valence-corrected chi connectivity index (χ3v) is 5.83. The first-order valence-corrected chi connectivity index (χ1v) is 12.0. The molecule has 0 radical (unpaired) electrons. The molecule has 2 amide bonds. The largest absolute Gasteiger partial charge is 0.354 e. The molecule has 2 aromatic carbocycles. The van der Waals surface area contributed by atoms with E-state index in [2.05, 4.69) is 69.4 Å². The van der Waals surface area contributed by atoms with E-state index >= 15 is 0 Å². The van der Waals surface area contributed by atoms with Crippen LogP contribution in [0.25, 0.3) is 0 Å². The van der Waals surface area contributed by atoms with Crippen LogP contribution in [0.1, 0.15) is 70.1 Å². The van der Waals surface area contributed by atoms with Crippen molar-refractivity contribution in [2.75, 3.05) is 13.1 Å². The molecule has 0 saturated heterocycles. The summed E-state index contributed by atoms with van der Waals surface area (Å²) in [6, 6.07) is 18.2. The van der Waals surface area contributed by atoms with E-state index in [4.69, 9.17) is 0 Å². The van der Waals surface area contributed by atoms with Crippen LogP contribution in [0.15, 0.2) is 54.6 Å². The summed E-state index contributed by atoms with van der Waals surface area (Å²) in [4.78, 5) is 28.0. The van der Waals surface area contributed by atoms with Gasteiger partial charge in [-0.15, -0.1) is 0 Å². The number of rotatable bonds is 12. The minimum atomic E-state index is -0.437. The maximum atomic E-state index is 13.3. The first-order valence-electron chi connectivity index (χ1n) is 12.0. The molecule has 0 saturated carbocycles. The highest BCUT2D eigenvalue weighted by Gasteiger charge is 2.28. The number of nitrogens with zero attached hydrogens (tertiary/aromatic N) is 1. The fraction of sp³-hybridized carbons (Fsp3) is 0.500. The number of hydrogen-bond acceptors (Lipinski definition) is 2. The molecule has 0 aliphatic carbocycles. The number of nitrogens with one attached hydrogen (secondary N) is 1. The van der Waals surface area contributed by atoms with E-state index in [1.165, 1.54) is 11.1 Å². The van der Waals surface area contributed by atoms with Crippen LogP contribution in [0.3, 0.4) is 0 Å². The number of amides is 2. The highest BCUT2D eigenvalue weighted by atomic mass is 16.2. The Hall–Kier alpha value is -2.62. The molecule has 0 heterocycles. The monoisotopic (exact) mass is 436 g/mol. The second-order valence-electron chi connectivity index (χ2n) is 9.28. The molecule has 32 heavy (non-hydrogen) atoms. The van der Waals surface area contributed by atoms with Gasteiger partial charge in [0, 0.05) is 19.5 Å². The van der Waals surface area contributed by atoms with E-state index in [1.807, 2.05) is 25.1 Å². The third-order valence-electron chi connectivity index (χ3n) is 5.83. The highest BCUT2D eigenvalue weighted by molar-refractivity contribution is 5.87. The maximum Gasteiger partial charge on any atom is 0.242 e. The topological polar surface area (TPSA) is 49.4 Å². The van der Waals surface area contributed by atoms with Crippen molar-refractivity contribution >= 4 is 11.8 Å². The molecule has 174 valence electrons. The lowest BCUT2D eigenvalue weighted by Gasteiger charge is -2.31. The van der Waals surface area contributed by atoms with Gasteiger partial charge in [-0.25, -0.2) is 0 Å². The van der Waals surface area contributed by atoms with E-state index < -0.39 is 6.04 Å². The average Bonchev–Trinajstić information content (AvgIpc) is 2.79. The zero-order valence-electron chi connectivity index (χ0n) is 20.4. The van der Waals surface area contributed by atoms with Gasteiger partial charge >= 0.3 is 0 Å². The quantitative estimate of drug-likeness (QED) is 0.487. The minimum Gasteiger partial charge on any atom is -0.354 e. The standard InChI is InChI=1S/C28H40N2O2/c1-6-26(28(32)29-20-21(2)3)30(19-18-23-10-8-7-9-11-23)27(31)17-14-24-12-15-25(16-13-24)22(4)5/h7-13,15-16,21-22,26H,6,14,17-20H2,1-5H3,(H,29,32)/t26-/m0/s1. The molecule has 4 heteroatoms. The van der Waals surface area contributed by atoms with Crippen LogP contribution in [0.4, 0.5) is 0 Å². The number of carbonyl (C=O) groups excluding carboxylic acids is 2. The second-order valence-corrected chi connectivity index (χ2v) is 9.28. The van der Waals surface area contributed by atoms with E-state index in [9.17, 15) is 9.59 Å². The fourth-order valence-corrected chi connectivity index (χ4v) is 3.78. The second kappa shape index (κ2) is 13.0. The van der Waals surface area contributed by atoms with Gasteiger partial charge in [-0.2, -0.15) is 0 Å². The highest BCUT2D eigenvalue weighted by Crippen LogP contribution is 2.17. The molecule has 1 atom stereocenters. The molecule has 2 aromatic rings. The summed E-state index contributed by atoms with van der Waals surface area (Å²) < 4.78 is 0. The van der Waals surface area contributed by atoms with E-state index in [0.29, 0.717) is 44.2 Å². The van der Waals surface area contributed by atoms with Gasteiger partial charge in [-0.3, -0.25) is 9.59 Å². The molecule has 0 aliphatic rings. The molecular formula is C28H40N2O2. The summed E-state index contributed by atoms with van der Waals surface area (Å²) in [5.74, 6) is 0.858. The van der Waals surface area contributed by atoms with Gasteiger partial charge in [-0.1, -0.05) is 89.2 Å². The van der Waals surface area contributed by atoms with Crippen molar-refractivity contribution in [2.45, 2.75) is 72.3 Å². The fourth-order valence-electron chi connectivity index (χ4n) is 3.78. The predicted octanol–water partition coefficient (Wildman–Crippen LogP) is 5.36. The zero-order chi connectivity index (χ0) is 23.5. The SMILES string of the molecule is CC[C@@H](C(=O)NCC(C)C)N(CCc1ccccc1)C(=O)CCc1ccc(C(C)C)cc1. The van der Waals surface area contributed by atoms with Gasteiger partial charge in [-0.05, 0) is 47.8 Å². The van der Waals surface area contributed by atoms with Gasteiger partial charge in [0.2, 0.25) is 11.8 Å². The van der Waals surface area contributed by atoms with E-state index in [0.717, 1.165) is 12.0 Å². The van der Waals surface area contributed by atoms with Crippen molar-refractivity contribution in [3.63, 3.8) is 0 Å². The molecule has 0 fully saturated rings. The lowest BCUT2D eigenvalue weighted by Crippen LogP contribution is -2.50. The maximum absolute atomic E-state index is 13.3. The lowest BCUT2D eigenvalue weighted by molar-refractivity contribution is -0.140. The van der Waals surface area contributed by atoms with Gasteiger partial charge in [0.15, 0.2) is 0 Å². The summed E-state index contributed by atoms with van der Waals surface area (Å²) >= 11 is 0. The van der Waals surface area contributed by atoms with Crippen molar-refractivity contribution in [3.8, 4) is 0 Å². The van der Waals surface area contributed by atoms with Crippen LogP contribution in [0.2, 0.25) is 0 Å². The Bertz CT molecular complexity index is 828. The van der Waals surface area contributed by atoms with Crippen molar-refractivity contribution < 1.29 is 9.59 Å². The molecule has 0 bridgehead atoms. The van der Waals surface area contributed by atoms with Crippen molar-refractivity contribution in [3.05, 3.63) is 71.3 Å². The van der Waals surface area contributed by atoms with Gasteiger partial charge in [0.05, 0.1) is 0 Å². The van der Waals surface area contributed by atoms with Crippen LogP contribution in [0, 0.1) is 5.92 Å². The van der Waals surface area contributed by atoms with Gasteiger partial charge in [0.25, 0.3) is 0 Å². The van der Waals surface area contributed by atoms with Crippen LogP contribution in [-0.2, 0) is 22.4 Å². The van der Waals surface area contributed by atoms with Crippen molar-refractivity contribution in [2.24, 2.45) is 5.92 Å². The van der Waals surface area contributed by atoms with E-state index in [-0.39, 0.29) is 11.8 Å². The molecule has 0 spiro atoms. The Balaban J connectivity index is 2.09. The smallest absolute Gasteiger partial charge is 0.242 e. The number of carbonyl (C=O) groups is 2. The van der Waals surface area contributed by atoms with Gasteiger partial charge in [0.1, 0.15) is 6.04 Å². The Morgan fingerprint density at radius 3 is 2.06 bits per heavy atom. The normalized spacial score (nSPS) is 12.1. The van der Waals surface area contributed by atoms with Crippen LogP contribution < -0.4 is 5.32 Å². The molecular weight excluding hydrogens is 396 g/mol. The summed E-state index contributed by atoms with van der Waals surface area (Å²) in [6.45, 7) is 11.7. The lowest BCUT2D eigenvalue weighted by atomic mass is 10.00. The van der Waals surface area contributed by atoms with Crippen molar-refractivity contribution in [1.82, 2.24) is 10.2 Å². The molecule has 4 nitrogen and oxygen atoms in total. The molecule has 2 rings (SSSR count). The Morgan fingerprint density at radius 1 is 0.875 bits per heavy atom. The summed E-state index contributed by atoms with van der Waals surface area (Å²) in [5.41, 5.74) is 3.63. The zero-order valence-corrected chi connectivity index (χ0v) is 20.4. The van der Waals surface area contributed by atoms with E-state index in [1.54, 1.807) is 4.90 Å². The van der Waals surface area contributed by atoms with Crippen molar-refractivity contribution in [1.29, 1.82) is 0 Å². The number of aryl methyl sites for hydroxylation is 1. The predicted molar refractivity (Wildman–Crippen MR) is 133 cm³/mol. The number of hydrogen-bond donors (Lipinski definition) is 1. The van der Waals surface area contributed by atoms with Crippen LogP contribution in [0.5, 0.6) is 0 Å². The Labute approximate surface area is 194 Å². The summed E-state index contributed by atoms with van der Waals surface area (Å²) in [6.07, 6.45) is 2.43. The van der Waals surface area contributed by atoms with Crippen LogP contribution >= 0.6 is 0 Å². The first kappa shape index (κ1) is 25.6. The third kappa shape index (κ3) is 8.14. The summed E-state index contributed by atoms with van der Waals surface area (Å²) in [7, 11) is 0. The number of benzene rings is 2. The minimum absolute atomic E-state index is 0.0421. The van der Waals surface area contributed by atoms with Gasteiger partial charge < -0.3 is 10.2 Å². The molecule has 1 N–H and O–H groups in total. The Morgan fingerprint density at radius 2 is 1.50 bits per heavy atom. The first-order chi connectivity index (χ1) is 15.3. The Kier molecular flexibility index (Phi) is 10.5. The van der Waals surface area contributed by atoms with Crippen LogP contribution in [-0.4, -0.2) is 35.8 Å². The molecule has 0 aromatic heterocycles. The molecule has 0 unspecified atom stereocenters.